The molecule has 0 aromatic heterocycles. The van der Waals surface area contributed by atoms with Crippen molar-refractivity contribution < 1.29 is 28.3 Å². The van der Waals surface area contributed by atoms with Crippen molar-refractivity contribution >= 4 is 23.6 Å². The number of benzene rings is 1. The lowest BCUT2D eigenvalue weighted by atomic mass is 10.0. The molecule has 0 spiro atoms. The van der Waals surface area contributed by atoms with Crippen molar-refractivity contribution in [1.29, 1.82) is 0 Å². The Morgan fingerprint density at radius 1 is 1.32 bits per heavy atom. The molecule has 1 aromatic carbocycles. The van der Waals surface area contributed by atoms with Crippen LogP contribution in [-0.4, -0.2) is 42.1 Å². The number of hydrogen-bond acceptors (Lipinski definition) is 6. The van der Waals surface area contributed by atoms with E-state index in [9.17, 15) is 18.8 Å². The topological polar surface area (TPSA) is 106 Å². The summed E-state index contributed by atoms with van der Waals surface area (Å²) < 4.78 is 19.5. The molecule has 1 aliphatic heterocycles. The zero-order valence-corrected chi connectivity index (χ0v) is 13.7. The summed E-state index contributed by atoms with van der Waals surface area (Å²) in [5.41, 5.74) is -1.84. The molecule has 0 aliphatic carbocycles. The van der Waals surface area contributed by atoms with Crippen molar-refractivity contribution in [2.75, 3.05) is 6.61 Å². The molecule has 1 saturated heterocycles. The van der Waals surface area contributed by atoms with Gasteiger partial charge < -0.3 is 9.57 Å². The minimum absolute atomic E-state index is 0.144. The van der Waals surface area contributed by atoms with Crippen LogP contribution in [-0.2, 0) is 25.6 Å². The lowest BCUT2D eigenvalue weighted by Crippen LogP contribution is -2.70. The van der Waals surface area contributed by atoms with E-state index >= 15 is 0 Å². The highest BCUT2D eigenvalue weighted by molar-refractivity contribution is 6.14. The van der Waals surface area contributed by atoms with Gasteiger partial charge in [-0.3, -0.25) is 15.4 Å². The molecule has 134 valence electrons. The minimum Gasteiger partial charge on any atom is -0.463 e. The number of urea groups is 1. The average molecular weight is 351 g/mol. The van der Waals surface area contributed by atoms with E-state index in [4.69, 9.17) is 4.84 Å². The van der Waals surface area contributed by atoms with Gasteiger partial charge >= 0.3 is 17.7 Å². The molecule has 2 unspecified atom stereocenters. The van der Waals surface area contributed by atoms with Gasteiger partial charge in [0.1, 0.15) is 0 Å². The van der Waals surface area contributed by atoms with Gasteiger partial charge in [-0.1, -0.05) is 35.5 Å². The Bertz CT molecular complexity index is 694. The van der Waals surface area contributed by atoms with Crippen LogP contribution in [0, 0.1) is 0 Å². The van der Waals surface area contributed by atoms with Crippen LogP contribution in [0.3, 0.4) is 0 Å². The average Bonchev–Trinajstić information content (AvgIpc) is 2.57. The monoisotopic (exact) mass is 351 g/mol. The van der Waals surface area contributed by atoms with Crippen molar-refractivity contribution in [3.05, 3.63) is 35.9 Å². The molecule has 25 heavy (non-hydrogen) atoms. The number of esters is 1. The molecule has 3 amide bonds. The number of imide groups is 1. The first kappa shape index (κ1) is 18.4. The standard InChI is InChI=1S/C16H18FN3O5/c1-3-24-14(22)16(17)12(21)18-15(23)19-13(16)25-20-10(2)9-11-7-5-4-6-8-11/h4-8,13H,3,9H2,1-2H3,(H2,18,19,21,23)/b20-10-. The van der Waals surface area contributed by atoms with E-state index in [0.29, 0.717) is 12.1 Å². The van der Waals surface area contributed by atoms with Gasteiger partial charge in [0.15, 0.2) is 0 Å². The lowest BCUT2D eigenvalue weighted by Gasteiger charge is -2.32. The molecule has 2 N–H and O–H groups in total. The maximum absolute atomic E-state index is 15.0. The molecule has 1 aliphatic rings. The van der Waals surface area contributed by atoms with Crippen molar-refractivity contribution in [2.45, 2.75) is 32.2 Å². The number of carbonyl (C=O) groups excluding carboxylic acids is 3. The largest absolute Gasteiger partial charge is 0.463 e. The van der Waals surface area contributed by atoms with Crippen LogP contribution < -0.4 is 10.6 Å². The second kappa shape index (κ2) is 7.73. The summed E-state index contributed by atoms with van der Waals surface area (Å²) in [5.74, 6) is -2.93. The summed E-state index contributed by atoms with van der Waals surface area (Å²) in [6.45, 7) is 2.94. The van der Waals surface area contributed by atoms with Crippen LogP contribution in [0.1, 0.15) is 19.4 Å². The molecule has 9 heteroatoms. The van der Waals surface area contributed by atoms with Gasteiger partial charge in [-0.2, -0.15) is 0 Å². The van der Waals surface area contributed by atoms with Crippen molar-refractivity contribution in [3.63, 3.8) is 0 Å². The van der Waals surface area contributed by atoms with E-state index in [1.54, 1.807) is 12.2 Å². The van der Waals surface area contributed by atoms with Crippen LogP contribution in [0.4, 0.5) is 9.18 Å². The number of rotatable bonds is 6. The highest BCUT2D eigenvalue weighted by Crippen LogP contribution is 2.23. The molecule has 0 radical (unpaired) electrons. The Morgan fingerprint density at radius 2 is 2.00 bits per heavy atom. The predicted octanol–water partition coefficient (Wildman–Crippen LogP) is 1.06. The molecule has 1 aromatic rings. The second-order valence-electron chi connectivity index (χ2n) is 5.33. The van der Waals surface area contributed by atoms with Crippen molar-refractivity contribution in [3.8, 4) is 0 Å². The quantitative estimate of drug-likeness (QED) is 0.345. The number of nitrogens with one attached hydrogen (secondary N) is 2. The number of nitrogens with zero attached hydrogens (tertiary/aromatic N) is 1. The van der Waals surface area contributed by atoms with Crippen LogP contribution >= 0.6 is 0 Å². The smallest absolute Gasteiger partial charge is 0.360 e. The van der Waals surface area contributed by atoms with Crippen molar-refractivity contribution in [1.82, 2.24) is 10.6 Å². The van der Waals surface area contributed by atoms with E-state index < -0.39 is 29.8 Å². The highest BCUT2D eigenvalue weighted by Gasteiger charge is 2.61. The Morgan fingerprint density at radius 3 is 2.64 bits per heavy atom. The maximum atomic E-state index is 15.0. The van der Waals surface area contributed by atoms with Crippen LogP contribution in [0.15, 0.2) is 35.5 Å². The number of carbonyl (C=O) groups is 3. The van der Waals surface area contributed by atoms with E-state index in [2.05, 4.69) is 9.89 Å². The summed E-state index contributed by atoms with van der Waals surface area (Å²) in [7, 11) is 0. The SMILES string of the molecule is CCOC(=O)C1(F)C(=O)NC(=O)NC1O/N=C(/C)Cc1ccccc1. The fourth-order valence-corrected chi connectivity index (χ4v) is 2.17. The van der Waals surface area contributed by atoms with E-state index in [1.807, 2.05) is 35.6 Å². The molecule has 0 bridgehead atoms. The number of amides is 3. The number of halogens is 1. The maximum Gasteiger partial charge on any atom is 0.360 e. The first-order valence-electron chi connectivity index (χ1n) is 7.59. The lowest BCUT2D eigenvalue weighted by molar-refractivity contribution is -0.179. The molecule has 1 heterocycles. The number of ether oxygens (including phenoxy) is 1. The normalized spacial score (nSPS) is 23.5. The third-order valence-electron chi connectivity index (χ3n) is 3.37. The van der Waals surface area contributed by atoms with Crippen LogP contribution in [0.5, 0.6) is 0 Å². The van der Waals surface area contributed by atoms with E-state index in [0.717, 1.165) is 5.56 Å². The summed E-state index contributed by atoms with van der Waals surface area (Å²) >= 11 is 0. The fraction of sp³-hybridized carbons (Fsp3) is 0.375. The first-order chi connectivity index (χ1) is 11.9. The molecule has 2 atom stereocenters. The Hall–Kier alpha value is -2.97. The van der Waals surface area contributed by atoms with Gasteiger partial charge in [0.2, 0.25) is 0 Å². The molecule has 2 rings (SSSR count). The Kier molecular flexibility index (Phi) is 5.68. The fourth-order valence-electron chi connectivity index (χ4n) is 2.17. The third kappa shape index (κ3) is 4.11. The van der Waals surface area contributed by atoms with Crippen molar-refractivity contribution in [2.24, 2.45) is 5.16 Å². The molecule has 0 saturated carbocycles. The molecule has 1 fully saturated rings. The van der Waals surface area contributed by atoms with Gasteiger partial charge in [0.25, 0.3) is 12.1 Å². The zero-order valence-electron chi connectivity index (χ0n) is 13.7. The van der Waals surface area contributed by atoms with Crippen LogP contribution in [0.25, 0.3) is 0 Å². The first-order valence-corrected chi connectivity index (χ1v) is 7.59. The zero-order chi connectivity index (χ0) is 18.4. The van der Waals surface area contributed by atoms with Gasteiger partial charge in [-0.05, 0) is 19.4 Å². The summed E-state index contributed by atoms with van der Waals surface area (Å²) in [6.07, 6.45) is -1.52. The summed E-state index contributed by atoms with van der Waals surface area (Å²) in [6, 6.07) is 8.30. The number of alkyl halides is 1. The molecular weight excluding hydrogens is 333 g/mol. The van der Waals surface area contributed by atoms with Gasteiger partial charge in [0.05, 0.1) is 12.3 Å². The second-order valence-corrected chi connectivity index (χ2v) is 5.33. The predicted molar refractivity (Wildman–Crippen MR) is 85.3 cm³/mol. The Labute approximate surface area is 143 Å². The molecule has 8 nitrogen and oxygen atoms in total. The van der Waals surface area contributed by atoms with E-state index in [1.165, 1.54) is 6.92 Å². The molecular formula is C16H18FN3O5. The van der Waals surface area contributed by atoms with E-state index in [-0.39, 0.29) is 6.61 Å². The highest BCUT2D eigenvalue weighted by atomic mass is 19.1. The van der Waals surface area contributed by atoms with Crippen LogP contribution in [0.2, 0.25) is 0 Å². The van der Waals surface area contributed by atoms with Gasteiger partial charge in [0, 0.05) is 6.42 Å². The number of oxime groups is 1. The number of hydrogen-bond donors (Lipinski definition) is 2. The van der Waals surface area contributed by atoms with Gasteiger partial charge in [-0.15, -0.1) is 0 Å². The Balaban J connectivity index is 2.15. The van der Waals surface area contributed by atoms with Gasteiger partial charge in [-0.25, -0.2) is 14.0 Å². The minimum atomic E-state index is -3.24. The summed E-state index contributed by atoms with van der Waals surface area (Å²) in [4.78, 5) is 40.0. The third-order valence-corrected chi connectivity index (χ3v) is 3.37. The summed E-state index contributed by atoms with van der Waals surface area (Å²) in [5, 5.41) is 7.42.